The zero-order chi connectivity index (χ0) is 13.9. The number of pyridine rings is 1. The lowest BCUT2D eigenvalue weighted by molar-refractivity contribution is 0.408. The topological polar surface area (TPSA) is 57.0 Å². The van der Waals surface area contributed by atoms with E-state index >= 15 is 0 Å². The van der Waals surface area contributed by atoms with Crippen LogP contribution in [0.3, 0.4) is 0 Å². The molecule has 1 aromatic carbocycles. The van der Waals surface area contributed by atoms with Gasteiger partial charge in [-0.25, -0.2) is 4.98 Å². The Bertz CT molecular complexity index is 811. The number of rotatable bonds is 3. The van der Waals surface area contributed by atoms with E-state index in [2.05, 4.69) is 9.97 Å². The molecule has 2 aromatic heterocycles. The molecule has 2 heterocycles. The molecule has 0 aliphatic rings. The largest absolute Gasteiger partial charge is 0.496 e. The van der Waals surface area contributed by atoms with Crippen molar-refractivity contribution in [1.29, 1.82) is 0 Å². The highest BCUT2D eigenvalue weighted by Crippen LogP contribution is 2.17. The molecule has 0 amide bonds. The molecular formula is C15H13N3O2. The Morgan fingerprint density at radius 3 is 2.95 bits per heavy atom. The lowest BCUT2D eigenvalue weighted by Crippen LogP contribution is -2.21. The van der Waals surface area contributed by atoms with Gasteiger partial charge in [-0.15, -0.1) is 0 Å². The SMILES string of the molecule is COc1ccccc1Cn1cnc2ccncc2c1=O. The molecule has 0 N–H and O–H groups in total. The van der Waals surface area contributed by atoms with Gasteiger partial charge in [-0.3, -0.25) is 14.3 Å². The maximum atomic E-state index is 12.4. The van der Waals surface area contributed by atoms with Crippen molar-refractivity contribution in [3.05, 3.63) is 65.0 Å². The molecule has 3 rings (SSSR count). The van der Waals surface area contributed by atoms with Crippen molar-refractivity contribution in [2.45, 2.75) is 6.54 Å². The fourth-order valence-corrected chi connectivity index (χ4v) is 2.13. The van der Waals surface area contributed by atoms with E-state index in [4.69, 9.17) is 4.74 Å². The molecule has 0 aliphatic heterocycles. The van der Waals surface area contributed by atoms with Gasteiger partial charge in [-0.2, -0.15) is 0 Å². The Morgan fingerprint density at radius 2 is 2.10 bits per heavy atom. The first kappa shape index (κ1) is 12.3. The molecule has 100 valence electrons. The first-order valence-corrected chi connectivity index (χ1v) is 6.20. The van der Waals surface area contributed by atoms with Crippen LogP contribution < -0.4 is 10.3 Å². The van der Waals surface area contributed by atoms with Crippen LogP contribution in [-0.2, 0) is 6.54 Å². The zero-order valence-electron chi connectivity index (χ0n) is 11.0. The van der Waals surface area contributed by atoms with Crippen LogP contribution >= 0.6 is 0 Å². The van der Waals surface area contributed by atoms with Gasteiger partial charge in [-0.05, 0) is 12.1 Å². The molecule has 0 saturated heterocycles. The Hall–Kier alpha value is -2.69. The van der Waals surface area contributed by atoms with Crippen molar-refractivity contribution in [3.63, 3.8) is 0 Å². The van der Waals surface area contributed by atoms with E-state index in [1.54, 1.807) is 36.5 Å². The van der Waals surface area contributed by atoms with E-state index in [1.165, 1.54) is 0 Å². The van der Waals surface area contributed by atoms with E-state index in [9.17, 15) is 4.79 Å². The summed E-state index contributed by atoms with van der Waals surface area (Å²) in [6, 6.07) is 9.34. The predicted octanol–water partition coefficient (Wildman–Crippen LogP) is 1.85. The Balaban J connectivity index is 2.07. The minimum Gasteiger partial charge on any atom is -0.496 e. The monoisotopic (exact) mass is 267 g/mol. The zero-order valence-corrected chi connectivity index (χ0v) is 11.0. The van der Waals surface area contributed by atoms with Crippen molar-refractivity contribution in [3.8, 4) is 5.75 Å². The molecule has 5 nitrogen and oxygen atoms in total. The third kappa shape index (κ3) is 2.14. The quantitative estimate of drug-likeness (QED) is 0.726. The average molecular weight is 267 g/mol. The highest BCUT2D eigenvalue weighted by Gasteiger charge is 2.07. The Morgan fingerprint density at radius 1 is 1.25 bits per heavy atom. The summed E-state index contributed by atoms with van der Waals surface area (Å²) in [6.45, 7) is 0.417. The van der Waals surface area contributed by atoms with Gasteiger partial charge in [0, 0.05) is 18.0 Å². The van der Waals surface area contributed by atoms with Crippen LogP contribution in [0, 0.1) is 0 Å². The molecule has 0 atom stereocenters. The number of para-hydroxylation sites is 1. The number of hydrogen-bond acceptors (Lipinski definition) is 4. The molecule has 0 unspecified atom stereocenters. The summed E-state index contributed by atoms with van der Waals surface area (Å²) in [6.07, 6.45) is 4.72. The first-order valence-electron chi connectivity index (χ1n) is 6.20. The molecule has 0 radical (unpaired) electrons. The first-order chi connectivity index (χ1) is 9.79. The van der Waals surface area contributed by atoms with Gasteiger partial charge in [0.2, 0.25) is 0 Å². The molecule has 20 heavy (non-hydrogen) atoms. The summed E-state index contributed by atoms with van der Waals surface area (Å²) in [5, 5.41) is 0.518. The predicted molar refractivity (Wildman–Crippen MR) is 75.9 cm³/mol. The normalized spacial score (nSPS) is 10.7. The fraction of sp³-hybridized carbons (Fsp3) is 0.133. The van der Waals surface area contributed by atoms with Gasteiger partial charge in [0.15, 0.2) is 0 Å². The maximum Gasteiger partial charge on any atom is 0.263 e. The van der Waals surface area contributed by atoms with E-state index < -0.39 is 0 Å². The van der Waals surface area contributed by atoms with Gasteiger partial charge in [0.05, 0.1) is 30.9 Å². The van der Waals surface area contributed by atoms with Crippen LogP contribution in [0.1, 0.15) is 5.56 Å². The maximum absolute atomic E-state index is 12.4. The standard InChI is InChI=1S/C15H13N3O2/c1-20-14-5-3-2-4-11(14)9-18-10-17-13-6-7-16-8-12(13)15(18)19/h2-8,10H,9H2,1H3. The molecule has 3 aromatic rings. The van der Waals surface area contributed by atoms with Gasteiger partial charge in [0.1, 0.15) is 5.75 Å². The number of hydrogen-bond donors (Lipinski definition) is 0. The lowest BCUT2D eigenvalue weighted by atomic mass is 10.2. The van der Waals surface area contributed by atoms with Crippen LogP contribution in [0.15, 0.2) is 53.8 Å². The average Bonchev–Trinajstić information content (AvgIpc) is 2.51. The molecule has 0 bridgehead atoms. The number of aromatic nitrogens is 3. The van der Waals surface area contributed by atoms with Gasteiger partial charge >= 0.3 is 0 Å². The van der Waals surface area contributed by atoms with Crippen molar-refractivity contribution in [1.82, 2.24) is 14.5 Å². The summed E-state index contributed by atoms with van der Waals surface area (Å²) >= 11 is 0. The Kier molecular flexibility index (Phi) is 3.16. The van der Waals surface area contributed by atoms with Crippen molar-refractivity contribution >= 4 is 10.9 Å². The molecule has 5 heteroatoms. The highest BCUT2D eigenvalue weighted by atomic mass is 16.5. The van der Waals surface area contributed by atoms with Gasteiger partial charge in [-0.1, -0.05) is 18.2 Å². The van der Waals surface area contributed by atoms with E-state index in [0.29, 0.717) is 17.4 Å². The molecule has 0 saturated carbocycles. The molecule has 0 fully saturated rings. The third-order valence-corrected chi connectivity index (χ3v) is 3.16. The second-order valence-electron chi connectivity index (χ2n) is 4.38. The molecule has 0 spiro atoms. The van der Waals surface area contributed by atoms with Crippen LogP contribution in [-0.4, -0.2) is 21.6 Å². The molecular weight excluding hydrogens is 254 g/mol. The number of benzene rings is 1. The summed E-state index contributed by atoms with van der Waals surface area (Å²) in [4.78, 5) is 20.6. The third-order valence-electron chi connectivity index (χ3n) is 3.16. The summed E-state index contributed by atoms with van der Waals surface area (Å²) in [7, 11) is 1.62. The fourth-order valence-electron chi connectivity index (χ4n) is 2.13. The van der Waals surface area contributed by atoms with E-state index in [1.807, 2.05) is 24.3 Å². The van der Waals surface area contributed by atoms with Crippen molar-refractivity contribution < 1.29 is 4.74 Å². The van der Waals surface area contributed by atoms with E-state index in [-0.39, 0.29) is 5.56 Å². The highest BCUT2D eigenvalue weighted by molar-refractivity contribution is 5.75. The number of fused-ring (bicyclic) bond motifs is 1. The number of ether oxygens (including phenoxy) is 1. The lowest BCUT2D eigenvalue weighted by Gasteiger charge is -2.10. The van der Waals surface area contributed by atoms with Crippen molar-refractivity contribution in [2.75, 3.05) is 7.11 Å². The van der Waals surface area contributed by atoms with Crippen LogP contribution in [0.4, 0.5) is 0 Å². The smallest absolute Gasteiger partial charge is 0.263 e. The minimum absolute atomic E-state index is 0.103. The number of methoxy groups -OCH3 is 1. The van der Waals surface area contributed by atoms with Gasteiger partial charge in [0.25, 0.3) is 5.56 Å². The van der Waals surface area contributed by atoms with Crippen molar-refractivity contribution in [2.24, 2.45) is 0 Å². The summed E-state index contributed by atoms with van der Waals surface area (Å²) in [5.41, 5.74) is 1.48. The van der Waals surface area contributed by atoms with Crippen LogP contribution in [0.25, 0.3) is 10.9 Å². The summed E-state index contributed by atoms with van der Waals surface area (Å²) < 4.78 is 6.85. The van der Waals surface area contributed by atoms with Gasteiger partial charge < -0.3 is 4.74 Å². The molecule has 0 aliphatic carbocycles. The Labute approximate surface area is 115 Å². The van der Waals surface area contributed by atoms with Crippen LogP contribution in [0.2, 0.25) is 0 Å². The number of nitrogens with zero attached hydrogens (tertiary/aromatic N) is 3. The second-order valence-corrected chi connectivity index (χ2v) is 4.38. The van der Waals surface area contributed by atoms with Crippen LogP contribution in [0.5, 0.6) is 5.75 Å². The second kappa shape index (κ2) is 5.13. The summed E-state index contributed by atoms with van der Waals surface area (Å²) in [5.74, 6) is 0.755. The minimum atomic E-state index is -0.103. The van der Waals surface area contributed by atoms with E-state index in [0.717, 1.165) is 11.3 Å².